The average molecular weight is 575 g/mol. The van der Waals surface area contributed by atoms with Gasteiger partial charge in [0.1, 0.15) is 0 Å². The van der Waals surface area contributed by atoms with E-state index in [9.17, 15) is 0 Å². The Kier molecular flexibility index (Phi) is 5.02. The molecule has 4 nitrogen and oxygen atoms in total. The molecular formula is C41H26N4. The van der Waals surface area contributed by atoms with Gasteiger partial charge in [0.2, 0.25) is 0 Å². The molecule has 0 aliphatic heterocycles. The van der Waals surface area contributed by atoms with Crippen molar-refractivity contribution in [3.63, 3.8) is 0 Å². The fourth-order valence-corrected chi connectivity index (χ4v) is 7.43. The van der Waals surface area contributed by atoms with Crippen LogP contribution in [-0.2, 0) is 0 Å². The fraction of sp³-hybridized carbons (Fsp3) is 0.0244. The van der Waals surface area contributed by atoms with Crippen LogP contribution in [0.5, 0.6) is 0 Å². The summed E-state index contributed by atoms with van der Waals surface area (Å²) in [6.07, 6.45) is 5.77. The minimum atomic E-state index is 0.257. The summed E-state index contributed by atoms with van der Waals surface area (Å²) in [5, 5.41) is 6.98. The monoisotopic (exact) mass is 574 g/mol. The molecule has 0 radical (unpaired) electrons. The van der Waals surface area contributed by atoms with Crippen LogP contribution in [0, 0.1) is 0 Å². The minimum Gasteiger partial charge on any atom is -0.309 e. The Bertz CT molecular complexity index is 2480. The molecule has 45 heavy (non-hydrogen) atoms. The zero-order valence-electron chi connectivity index (χ0n) is 24.3. The number of fused-ring (bicyclic) bond motifs is 9. The van der Waals surface area contributed by atoms with Crippen molar-refractivity contribution in [1.29, 1.82) is 0 Å². The highest BCUT2D eigenvalue weighted by atomic mass is 15.3. The van der Waals surface area contributed by atoms with E-state index in [-0.39, 0.29) is 5.92 Å². The molecule has 0 fully saturated rings. The Morgan fingerprint density at radius 2 is 1.33 bits per heavy atom. The summed E-state index contributed by atoms with van der Waals surface area (Å²) < 4.78 is 4.33. The number of rotatable bonds is 4. The number of nitrogens with zero attached hydrogens (tertiary/aromatic N) is 4. The first-order chi connectivity index (χ1) is 22.3. The lowest BCUT2D eigenvalue weighted by Crippen LogP contribution is -2.02. The zero-order chi connectivity index (χ0) is 29.5. The van der Waals surface area contributed by atoms with Gasteiger partial charge in [0.25, 0.3) is 0 Å². The second-order valence-corrected chi connectivity index (χ2v) is 11.9. The highest BCUT2D eigenvalue weighted by Gasteiger charge is 2.45. The van der Waals surface area contributed by atoms with E-state index < -0.39 is 0 Å². The molecule has 0 saturated heterocycles. The minimum absolute atomic E-state index is 0.257. The van der Waals surface area contributed by atoms with Crippen LogP contribution in [0.4, 0.5) is 0 Å². The molecule has 10 rings (SSSR count). The average Bonchev–Trinajstić information content (AvgIpc) is 3.44. The number of allylic oxidation sites excluding steroid dienone is 2. The standard InChI is InChI=1S/C41H26N4/c1-2-9-26(10-3-1)27-19-21-42-36(23-27)41-39-34-13-5-4-11-30(34)31-17-16-29(24-35(31)40(39)41)45-37-14-7-6-12-32(37)33-18-15-28(25-38(33)45)44-22-8-20-43-44/h1-25,39H/t39-/m0/s1. The summed E-state index contributed by atoms with van der Waals surface area (Å²) in [4.78, 5) is 4.91. The van der Waals surface area contributed by atoms with Crippen LogP contribution in [0.2, 0.25) is 0 Å². The maximum Gasteiger partial charge on any atom is 0.0680 e. The lowest BCUT2D eigenvalue weighted by Gasteiger charge is -2.20. The quantitative estimate of drug-likeness (QED) is 0.210. The van der Waals surface area contributed by atoms with Crippen LogP contribution in [-0.4, -0.2) is 19.3 Å². The molecule has 0 unspecified atom stereocenters. The van der Waals surface area contributed by atoms with Crippen molar-refractivity contribution in [1.82, 2.24) is 19.3 Å². The normalized spacial score (nSPS) is 14.8. The third-order valence-electron chi connectivity index (χ3n) is 9.47. The van der Waals surface area contributed by atoms with E-state index in [0.29, 0.717) is 0 Å². The first-order valence-electron chi connectivity index (χ1n) is 15.4. The Balaban J connectivity index is 1.19. The van der Waals surface area contributed by atoms with Gasteiger partial charge < -0.3 is 4.57 Å². The first kappa shape index (κ1) is 24.4. The highest BCUT2D eigenvalue weighted by Crippen LogP contribution is 2.65. The van der Waals surface area contributed by atoms with Gasteiger partial charge in [-0.25, -0.2) is 4.68 Å². The Labute approximate surface area is 260 Å². The molecule has 0 bridgehead atoms. The molecule has 210 valence electrons. The molecule has 8 aromatic rings. The van der Waals surface area contributed by atoms with E-state index in [1.54, 1.807) is 0 Å². The van der Waals surface area contributed by atoms with Gasteiger partial charge in [-0.3, -0.25) is 4.98 Å². The van der Waals surface area contributed by atoms with E-state index in [4.69, 9.17) is 4.98 Å². The summed E-state index contributed by atoms with van der Waals surface area (Å²) in [7, 11) is 0. The van der Waals surface area contributed by atoms with Gasteiger partial charge in [-0.05, 0) is 93.1 Å². The van der Waals surface area contributed by atoms with Gasteiger partial charge in [0.15, 0.2) is 0 Å². The Morgan fingerprint density at radius 1 is 0.511 bits per heavy atom. The lowest BCUT2D eigenvalue weighted by atomic mass is 9.84. The van der Waals surface area contributed by atoms with Crippen molar-refractivity contribution in [2.24, 2.45) is 0 Å². The van der Waals surface area contributed by atoms with Gasteiger partial charge in [-0.1, -0.05) is 84.9 Å². The highest BCUT2D eigenvalue weighted by molar-refractivity contribution is 6.20. The van der Waals surface area contributed by atoms with Crippen molar-refractivity contribution in [2.45, 2.75) is 5.92 Å². The third kappa shape index (κ3) is 3.60. The largest absolute Gasteiger partial charge is 0.309 e. The number of aromatic nitrogens is 4. The smallest absolute Gasteiger partial charge is 0.0680 e. The topological polar surface area (TPSA) is 35.6 Å². The van der Waals surface area contributed by atoms with Gasteiger partial charge in [0, 0.05) is 41.0 Å². The molecular weight excluding hydrogens is 548 g/mol. The molecule has 5 aromatic carbocycles. The summed E-state index contributed by atoms with van der Waals surface area (Å²) in [5.41, 5.74) is 16.0. The predicted octanol–water partition coefficient (Wildman–Crippen LogP) is 9.72. The van der Waals surface area contributed by atoms with Crippen molar-refractivity contribution in [2.75, 3.05) is 0 Å². The van der Waals surface area contributed by atoms with Crippen LogP contribution < -0.4 is 0 Å². The molecule has 0 amide bonds. The molecule has 4 heteroatoms. The predicted molar refractivity (Wildman–Crippen MR) is 183 cm³/mol. The summed E-state index contributed by atoms with van der Waals surface area (Å²) in [5.74, 6) is 0.257. The van der Waals surface area contributed by atoms with Crippen LogP contribution in [0.15, 0.2) is 152 Å². The van der Waals surface area contributed by atoms with E-state index >= 15 is 0 Å². The maximum absolute atomic E-state index is 4.91. The molecule has 2 aliphatic carbocycles. The molecule has 3 heterocycles. The molecule has 1 atom stereocenters. The van der Waals surface area contributed by atoms with E-state index in [0.717, 1.165) is 17.1 Å². The number of hydrogen-bond donors (Lipinski definition) is 0. The first-order valence-corrected chi connectivity index (χ1v) is 15.4. The number of para-hydroxylation sites is 1. The van der Waals surface area contributed by atoms with Crippen LogP contribution in [0.3, 0.4) is 0 Å². The van der Waals surface area contributed by atoms with Crippen molar-refractivity contribution in [3.05, 3.63) is 169 Å². The fourth-order valence-electron chi connectivity index (χ4n) is 7.43. The van der Waals surface area contributed by atoms with E-state index in [2.05, 4.69) is 137 Å². The van der Waals surface area contributed by atoms with Crippen molar-refractivity contribution >= 4 is 33.0 Å². The Morgan fingerprint density at radius 3 is 2.24 bits per heavy atom. The lowest BCUT2D eigenvalue weighted by molar-refractivity contribution is 0.881. The molecule has 3 aromatic heterocycles. The van der Waals surface area contributed by atoms with Crippen LogP contribution in [0.1, 0.15) is 22.7 Å². The van der Waals surface area contributed by atoms with Gasteiger partial charge in [0.05, 0.1) is 22.4 Å². The second-order valence-electron chi connectivity index (χ2n) is 11.9. The van der Waals surface area contributed by atoms with Crippen LogP contribution in [0.25, 0.3) is 66.6 Å². The van der Waals surface area contributed by atoms with Gasteiger partial charge >= 0.3 is 0 Å². The van der Waals surface area contributed by atoms with Gasteiger partial charge in [-0.15, -0.1) is 0 Å². The summed E-state index contributed by atoms with van der Waals surface area (Å²) >= 11 is 0. The van der Waals surface area contributed by atoms with Crippen molar-refractivity contribution < 1.29 is 0 Å². The Hall–Kier alpha value is -6.00. The van der Waals surface area contributed by atoms with Gasteiger partial charge in [-0.2, -0.15) is 5.10 Å². The number of benzene rings is 5. The second kappa shape index (κ2) is 9.25. The van der Waals surface area contributed by atoms with E-state index in [1.807, 2.05) is 29.3 Å². The number of pyridine rings is 1. The third-order valence-corrected chi connectivity index (χ3v) is 9.47. The number of hydrogen-bond acceptors (Lipinski definition) is 2. The zero-order valence-corrected chi connectivity index (χ0v) is 24.3. The summed E-state index contributed by atoms with van der Waals surface area (Å²) in [6, 6.07) is 48.1. The molecule has 0 spiro atoms. The SMILES string of the molecule is c1ccc(-c2ccnc(C3=C4c5cc(-n6c7ccccc7c7ccc(-n8cccn8)cc76)ccc5-c5ccccc5[C@H]34)c2)cc1. The van der Waals surface area contributed by atoms with Crippen LogP contribution >= 0.6 is 0 Å². The van der Waals surface area contributed by atoms with E-state index in [1.165, 1.54) is 66.3 Å². The molecule has 0 saturated carbocycles. The van der Waals surface area contributed by atoms with Crippen molar-refractivity contribution in [3.8, 4) is 33.6 Å². The molecule has 2 aliphatic rings. The molecule has 0 N–H and O–H groups in total. The maximum atomic E-state index is 4.91. The summed E-state index contributed by atoms with van der Waals surface area (Å²) in [6.45, 7) is 0.